The third-order valence-electron chi connectivity index (χ3n) is 5.47. The van der Waals surface area contributed by atoms with Crippen molar-refractivity contribution < 1.29 is 22.8 Å². The van der Waals surface area contributed by atoms with Crippen LogP contribution in [0.3, 0.4) is 0 Å². The number of nitriles is 1. The molecule has 2 aromatic carbocycles. The van der Waals surface area contributed by atoms with E-state index in [1.54, 1.807) is 24.3 Å². The van der Waals surface area contributed by atoms with Crippen LogP contribution in [0, 0.1) is 11.3 Å². The molecule has 2 aliphatic rings. The molecule has 2 aromatic rings. The van der Waals surface area contributed by atoms with Gasteiger partial charge in [-0.25, -0.2) is 4.79 Å². The Morgan fingerprint density at radius 1 is 1.21 bits per heavy atom. The van der Waals surface area contributed by atoms with E-state index in [9.17, 15) is 22.8 Å². The number of allylic oxidation sites excluding steroid dienone is 1. The SMILES string of the molecule is CC1=C(C(=O)N2C=NCC2)C(c2ccc(C#N)cc2)NC(=O)N1c1cccc(C(F)(F)F)c1. The number of carbonyl (C=O) groups excluding carboxylic acids is 2. The van der Waals surface area contributed by atoms with Gasteiger partial charge in [-0.05, 0) is 42.8 Å². The van der Waals surface area contributed by atoms with E-state index in [2.05, 4.69) is 10.3 Å². The Balaban J connectivity index is 1.84. The molecule has 168 valence electrons. The second-order valence-corrected chi connectivity index (χ2v) is 7.52. The average Bonchev–Trinajstić information content (AvgIpc) is 3.33. The van der Waals surface area contributed by atoms with Crippen molar-refractivity contribution in [1.82, 2.24) is 10.2 Å². The van der Waals surface area contributed by atoms with Crippen LogP contribution >= 0.6 is 0 Å². The normalized spacial score (nSPS) is 18.4. The molecule has 0 aromatic heterocycles. The summed E-state index contributed by atoms with van der Waals surface area (Å²) in [5.74, 6) is -0.417. The zero-order valence-electron chi connectivity index (χ0n) is 17.4. The van der Waals surface area contributed by atoms with Crippen LogP contribution in [0.1, 0.15) is 29.7 Å². The van der Waals surface area contributed by atoms with Gasteiger partial charge in [0.25, 0.3) is 5.91 Å². The van der Waals surface area contributed by atoms with Gasteiger partial charge in [0, 0.05) is 12.2 Å². The first kappa shape index (κ1) is 22.1. The number of nitrogens with zero attached hydrogens (tertiary/aromatic N) is 4. The number of hydrogen-bond acceptors (Lipinski definition) is 4. The maximum absolute atomic E-state index is 13.4. The molecule has 0 saturated carbocycles. The predicted molar refractivity (Wildman–Crippen MR) is 114 cm³/mol. The number of hydrogen-bond donors (Lipinski definition) is 1. The van der Waals surface area contributed by atoms with Crippen LogP contribution in [0.15, 0.2) is 64.8 Å². The smallest absolute Gasteiger partial charge is 0.326 e. The van der Waals surface area contributed by atoms with E-state index in [0.29, 0.717) is 24.2 Å². The number of halogens is 3. The minimum Gasteiger partial charge on any atom is -0.326 e. The van der Waals surface area contributed by atoms with Crippen molar-refractivity contribution in [3.63, 3.8) is 0 Å². The molecule has 4 rings (SSSR count). The number of anilines is 1. The highest BCUT2D eigenvalue weighted by Crippen LogP contribution is 2.37. The molecule has 1 N–H and O–H groups in total. The molecule has 0 bridgehead atoms. The monoisotopic (exact) mass is 453 g/mol. The van der Waals surface area contributed by atoms with Crippen molar-refractivity contribution in [3.8, 4) is 6.07 Å². The highest BCUT2D eigenvalue weighted by atomic mass is 19.4. The number of amides is 3. The van der Waals surface area contributed by atoms with Crippen LogP contribution in [0.25, 0.3) is 0 Å². The van der Waals surface area contributed by atoms with E-state index >= 15 is 0 Å². The largest absolute Gasteiger partial charge is 0.416 e. The van der Waals surface area contributed by atoms with E-state index in [1.165, 1.54) is 30.3 Å². The zero-order chi connectivity index (χ0) is 23.8. The molecule has 0 spiro atoms. The third kappa shape index (κ3) is 4.17. The summed E-state index contributed by atoms with van der Waals surface area (Å²) < 4.78 is 39.8. The minimum atomic E-state index is -4.59. The Kier molecular flexibility index (Phi) is 5.64. The summed E-state index contributed by atoms with van der Waals surface area (Å²) in [5.41, 5.74) is 0.451. The van der Waals surface area contributed by atoms with Gasteiger partial charge >= 0.3 is 12.2 Å². The van der Waals surface area contributed by atoms with E-state index < -0.39 is 29.7 Å². The van der Waals surface area contributed by atoms with Gasteiger partial charge in [-0.1, -0.05) is 18.2 Å². The summed E-state index contributed by atoms with van der Waals surface area (Å²) >= 11 is 0. The Morgan fingerprint density at radius 2 is 1.94 bits per heavy atom. The number of aliphatic imine (C=N–C) groups is 1. The summed E-state index contributed by atoms with van der Waals surface area (Å²) in [6.07, 6.45) is -3.18. The van der Waals surface area contributed by atoms with E-state index in [1.807, 2.05) is 6.07 Å². The predicted octanol–water partition coefficient (Wildman–Crippen LogP) is 3.99. The summed E-state index contributed by atoms with van der Waals surface area (Å²) in [5, 5.41) is 11.8. The number of urea groups is 1. The van der Waals surface area contributed by atoms with Crippen LogP contribution in [-0.4, -0.2) is 36.3 Å². The molecule has 33 heavy (non-hydrogen) atoms. The molecule has 3 amide bonds. The second kappa shape index (κ2) is 8.43. The van der Waals surface area contributed by atoms with Gasteiger partial charge in [0.2, 0.25) is 0 Å². The maximum Gasteiger partial charge on any atom is 0.416 e. The lowest BCUT2D eigenvalue weighted by atomic mass is 9.93. The quantitative estimate of drug-likeness (QED) is 0.762. The van der Waals surface area contributed by atoms with Gasteiger partial charge in [0.1, 0.15) is 0 Å². The minimum absolute atomic E-state index is 0.0153. The Hall–Kier alpha value is -4.13. The van der Waals surface area contributed by atoms with Crippen LogP contribution in [0.2, 0.25) is 0 Å². The third-order valence-corrected chi connectivity index (χ3v) is 5.47. The van der Waals surface area contributed by atoms with Gasteiger partial charge in [-0.2, -0.15) is 18.4 Å². The molecule has 10 heteroatoms. The van der Waals surface area contributed by atoms with Crippen molar-refractivity contribution >= 4 is 24.0 Å². The molecule has 0 radical (unpaired) electrons. The Labute approximate surface area is 187 Å². The fourth-order valence-corrected chi connectivity index (χ4v) is 3.84. The highest BCUT2D eigenvalue weighted by molar-refractivity contribution is 6.07. The summed E-state index contributed by atoms with van der Waals surface area (Å²) in [6, 6.07) is 11.2. The molecule has 2 heterocycles. The van der Waals surface area contributed by atoms with E-state index in [0.717, 1.165) is 17.0 Å². The molecule has 0 fully saturated rings. The van der Waals surface area contributed by atoms with Crippen molar-refractivity contribution in [2.75, 3.05) is 18.0 Å². The lowest BCUT2D eigenvalue weighted by molar-refractivity contribution is -0.137. The molecule has 1 atom stereocenters. The molecule has 0 aliphatic carbocycles. The van der Waals surface area contributed by atoms with Crippen molar-refractivity contribution in [2.45, 2.75) is 19.1 Å². The van der Waals surface area contributed by atoms with Crippen LogP contribution in [-0.2, 0) is 11.0 Å². The van der Waals surface area contributed by atoms with E-state index in [4.69, 9.17) is 5.26 Å². The molecule has 7 nitrogen and oxygen atoms in total. The molecular weight excluding hydrogens is 435 g/mol. The first-order valence-corrected chi connectivity index (χ1v) is 10.0. The fourth-order valence-electron chi connectivity index (χ4n) is 3.84. The highest BCUT2D eigenvalue weighted by Gasteiger charge is 2.39. The number of carbonyl (C=O) groups is 2. The van der Waals surface area contributed by atoms with Crippen molar-refractivity contribution in [1.29, 1.82) is 5.26 Å². The number of alkyl halides is 3. The lowest BCUT2D eigenvalue weighted by Gasteiger charge is -2.36. The number of rotatable bonds is 3. The second-order valence-electron chi connectivity index (χ2n) is 7.52. The van der Waals surface area contributed by atoms with Crippen molar-refractivity contribution in [2.24, 2.45) is 4.99 Å². The standard InChI is InChI=1S/C23H18F3N5O2/c1-14-19(21(32)30-10-9-28-13-30)20(16-7-5-15(12-27)6-8-16)29-22(33)31(14)18-4-2-3-17(11-18)23(24,25)26/h2-8,11,13,20H,9-10H2,1H3,(H,29,33). The van der Waals surface area contributed by atoms with Gasteiger partial charge in [0.05, 0.1) is 47.4 Å². The van der Waals surface area contributed by atoms with Crippen LogP contribution in [0.4, 0.5) is 23.7 Å². The first-order valence-electron chi connectivity index (χ1n) is 10.0. The van der Waals surface area contributed by atoms with E-state index in [-0.39, 0.29) is 17.0 Å². The van der Waals surface area contributed by atoms with Gasteiger partial charge in [-0.15, -0.1) is 0 Å². The summed E-state index contributed by atoms with van der Waals surface area (Å²) in [6.45, 7) is 2.31. The first-order chi connectivity index (χ1) is 15.7. The van der Waals surface area contributed by atoms with Gasteiger partial charge in [-0.3, -0.25) is 19.6 Å². The molecular formula is C23H18F3N5O2. The van der Waals surface area contributed by atoms with Crippen LogP contribution in [0.5, 0.6) is 0 Å². The summed E-state index contributed by atoms with van der Waals surface area (Å²) in [7, 11) is 0. The fraction of sp³-hybridized carbons (Fsp3) is 0.217. The Morgan fingerprint density at radius 3 is 2.55 bits per heavy atom. The number of benzene rings is 2. The maximum atomic E-state index is 13.4. The number of nitrogens with one attached hydrogen (secondary N) is 1. The van der Waals surface area contributed by atoms with Gasteiger partial charge < -0.3 is 5.32 Å². The topological polar surface area (TPSA) is 88.8 Å². The molecule has 0 saturated heterocycles. The van der Waals surface area contributed by atoms with Crippen LogP contribution < -0.4 is 10.2 Å². The lowest BCUT2D eigenvalue weighted by Crippen LogP contribution is -2.49. The molecule has 1 unspecified atom stereocenters. The van der Waals surface area contributed by atoms with Crippen molar-refractivity contribution in [3.05, 3.63) is 76.5 Å². The van der Waals surface area contributed by atoms with Gasteiger partial charge in [0.15, 0.2) is 0 Å². The Bertz CT molecular complexity index is 1210. The molecule has 2 aliphatic heterocycles. The summed E-state index contributed by atoms with van der Waals surface area (Å²) in [4.78, 5) is 33.0. The average molecular weight is 453 g/mol. The zero-order valence-corrected chi connectivity index (χ0v) is 17.4.